The number of halogens is 1. The lowest BCUT2D eigenvalue weighted by Gasteiger charge is -2.31. The molecule has 0 unspecified atom stereocenters. The second-order valence-corrected chi connectivity index (χ2v) is 8.81. The number of likely N-dealkylation sites (tertiary alicyclic amines) is 1. The Kier molecular flexibility index (Phi) is 8.03. The molecule has 192 valence electrons. The predicted octanol–water partition coefficient (Wildman–Crippen LogP) is 3.12. The van der Waals surface area contributed by atoms with E-state index in [1.165, 1.54) is 32.3 Å². The third-order valence-electron chi connectivity index (χ3n) is 6.46. The van der Waals surface area contributed by atoms with Crippen LogP contribution in [0.3, 0.4) is 0 Å². The lowest BCUT2D eigenvalue weighted by Crippen LogP contribution is -2.42. The molecule has 2 aliphatic rings. The Labute approximate surface area is 214 Å². The van der Waals surface area contributed by atoms with Crippen molar-refractivity contribution in [2.75, 3.05) is 60.7 Å². The van der Waals surface area contributed by atoms with E-state index in [-0.39, 0.29) is 22.9 Å². The summed E-state index contributed by atoms with van der Waals surface area (Å²) < 4.78 is 21.6. The van der Waals surface area contributed by atoms with Crippen molar-refractivity contribution in [2.45, 2.75) is 6.04 Å². The van der Waals surface area contributed by atoms with Crippen LogP contribution in [0.4, 0.5) is 0 Å². The molecule has 2 fully saturated rings. The first-order valence-corrected chi connectivity index (χ1v) is 11.9. The van der Waals surface area contributed by atoms with Crippen LogP contribution in [0.5, 0.6) is 17.2 Å². The van der Waals surface area contributed by atoms with Gasteiger partial charge < -0.3 is 29.0 Å². The van der Waals surface area contributed by atoms with Gasteiger partial charge in [0.1, 0.15) is 23.0 Å². The van der Waals surface area contributed by atoms with Crippen LogP contribution in [0.15, 0.2) is 42.0 Å². The molecular weight excluding hydrogens is 488 g/mol. The Bertz CT molecular complexity index is 1180. The maximum absolute atomic E-state index is 13.4. The second-order valence-electron chi connectivity index (χ2n) is 8.40. The summed E-state index contributed by atoms with van der Waals surface area (Å²) in [6.07, 6.45) is 0. The molecule has 0 aromatic heterocycles. The number of aliphatic hydroxyl groups excluding tert-OH is 1. The van der Waals surface area contributed by atoms with Crippen LogP contribution in [-0.2, 0) is 14.3 Å². The van der Waals surface area contributed by atoms with Crippen LogP contribution < -0.4 is 14.2 Å². The largest absolute Gasteiger partial charge is 0.507 e. The van der Waals surface area contributed by atoms with Gasteiger partial charge in [0.25, 0.3) is 11.7 Å². The van der Waals surface area contributed by atoms with Gasteiger partial charge in [0.15, 0.2) is 0 Å². The van der Waals surface area contributed by atoms with Crippen molar-refractivity contribution in [3.05, 3.63) is 58.1 Å². The summed E-state index contributed by atoms with van der Waals surface area (Å²) >= 11 is 6.28. The third-order valence-corrected chi connectivity index (χ3v) is 6.75. The highest BCUT2D eigenvalue weighted by Crippen LogP contribution is 2.44. The van der Waals surface area contributed by atoms with Crippen molar-refractivity contribution in [3.63, 3.8) is 0 Å². The minimum absolute atomic E-state index is 0.0465. The number of amides is 1. The van der Waals surface area contributed by atoms with Crippen molar-refractivity contribution >= 4 is 29.1 Å². The number of hydrogen-bond donors (Lipinski definition) is 1. The quantitative estimate of drug-likeness (QED) is 0.325. The molecule has 2 aromatic rings. The maximum Gasteiger partial charge on any atom is 0.295 e. The number of morpholine rings is 1. The fourth-order valence-electron chi connectivity index (χ4n) is 4.53. The predicted molar refractivity (Wildman–Crippen MR) is 134 cm³/mol. The SMILES string of the molecule is COc1ccc(OC)c([C@H]2/C(=C(\O)c3ccc(OC)c(Cl)c3)C(=O)C(=O)N2CCN2CCOCC2)c1. The molecule has 36 heavy (non-hydrogen) atoms. The number of carbonyl (C=O) groups is 2. The first kappa shape index (κ1) is 25.8. The maximum atomic E-state index is 13.4. The second kappa shape index (κ2) is 11.2. The van der Waals surface area contributed by atoms with Crippen LogP contribution in [0.2, 0.25) is 5.02 Å². The summed E-state index contributed by atoms with van der Waals surface area (Å²) in [5.74, 6) is -0.405. The van der Waals surface area contributed by atoms with Gasteiger partial charge in [0.05, 0.1) is 51.2 Å². The highest BCUT2D eigenvalue weighted by atomic mass is 35.5. The Morgan fingerprint density at radius 3 is 2.33 bits per heavy atom. The molecule has 0 radical (unpaired) electrons. The lowest BCUT2D eigenvalue weighted by molar-refractivity contribution is -0.140. The Morgan fingerprint density at radius 1 is 1.00 bits per heavy atom. The lowest BCUT2D eigenvalue weighted by atomic mass is 9.94. The van der Waals surface area contributed by atoms with Crippen LogP contribution >= 0.6 is 11.6 Å². The standard InChI is InChI=1S/C26H29ClN2O7/c1-33-17-5-7-20(34-2)18(15-17)23-22(24(30)16-4-6-21(35-3)19(27)14-16)25(31)26(32)29(23)9-8-28-10-12-36-13-11-28/h4-7,14-15,23,30H,8-13H2,1-3H3/b24-22+/t23-/m0/s1. The summed E-state index contributed by atoms with van der Waals surface area (Å²) in [5.41, 5.74) is 0.771. The number of methoxy groups -OCH3 is 3. The highest BCUT2D eigenvalue weighted by molar-refractivity contribution is 6.46. The van der Waals surface area contributed by atoms with Gasteiger partial charge in [-0.15, -0.1) is 0 Å². The number of Topliss-reactive ketones (excluding diaryl/α,β-unsaturated/α-hetero) is 1. The van der Waals surface area contributed by atoms with E-state index in [2.05, 4.69) is 4.90 Å². The minimum atomic E-state index is -0.892. The first-order valence-electron chi connectivity index (χ1n) is 11.5. The van der Waals surface area contributed by atoms with Crippen molar-refractivity contribution in [1.82, 2.24) is 9.80 Å². The van der Waals surface area contributed by atoms with Crippen LogP contribution in [0.25, 0.3) is 5.76 Å². The molecular formula is C26H29ClN2O7. The van der Waals surface area contributed by atoms with E-state index in [1.807, 2.05) is 0 Å². The van der Waals surface area contributed by atoms with Crippen LogP contribution in [0.1, 0.15) is 17.2 Å². The molecule has 0 aliphatic carbocycles. The van der Waals surface area contributed by atoms with E-state index >= 15 is 0 Å². The number of nitrogens with zero attached hydrogens (tertiary/aromatic N) is 2. The van der Waals surface area contributed by atoms with Gasteiger partial charge in [0, 0.05) is 37.3 Å². The average molecular weight is 517 g/mol. The Hall–Kier alpha value is -3.27. The summed E-state index contributed by atoms with van der Waals surface area (Å²) in [6.45, 7) is 3.53. The molecule has 4 rings (SSSR count). The molecule has 2 heterocycles. The number of ketones is 1. The molecule has 2 aliphatic heterocycles. The number of rotatable bonds is 8. The van der Waals surface area contributed by atoms with Crippen molar-refractivity contribution < 1.29 is 33.6 Å². The first-order chi connectivity index (χ1) is 17.4. The normalized spacial score (nSPS) is 20.0. The molecule has 1 amide bonds. The fourth-order valence-corrected chi connectivity index (χ4v) is 4.79. The van der Waals surface area contributed by atoms with E-state index < -0.39 is 17.7 Å². The summed E-state index contributed by atoms with van der Waals surface area (Å²) in [4.78, 5) is 30.3. The monoisotopic (exact) mass is 516 g/mol. The fraction of sp³-hybridized carbons (Fsp3) is 0.385. The number of aliphatic hydroxyl groups is 1. The molecule has 0 bridgehead atoms. The summed E-state index contributed by atoms with van der Waals surface area (Å²) in [7, 11) is 4.52. The molecule has 2 aromatic carbocycles. The van der Waals surface area contributed by atoms with Gasteiger partial charge in [-0.25, -0.2) is 0 Å². The van der Waals surface area contributed by atoms with Crippen molar-refractivity contribution in [2.24, 2.45) is 0 Å². The smallest absolute Gasteiger partial charge is 0.295 e. The molecule has 2 saturated heterocycles. The van der Waals surface area contributed by atoms with Gasteiger partial charge in [0.2, 0.25) is 0 Å². The van der Waals surface area contributed by atoms with Crippen LogP contribution in [0, 0.1) is 0 Å². The van der Waals surface area contributed by atoms with E-state index in [4.69, 9.17) is 30.5 Å². The molecule has 1 atom stereocenters. The molecule has 0 saturated carbocycles. The van der Waals surface area contributed by atoms with Crippen molar-refractivity contribution in [3.8, 4) is 17.2 Å². The third kappa shape index (κ3) is 5.00. The molecule has 1 N–H and O–H groups in total. The van der Waals surface area contributed by atoms with Gasteiger partial charge in [-0.3, -0.25) is 14.5 Å². The van der Waals surface area contributed by atoms with E-state index in [1.54, 1.807) is 30.3 Å². The zero-order chi connectivity index (χ0) is 25.8. The van der Waals surface area contributed by atoms with Crippen LogP contribution in [-0.4, -0.2) is 87.3 Å². The molecule has 10 heteroatoms. The number of carbonyl (C=O) groups excluding carboxylic acids is 2. The van der Waals surface area contributed by atoms with E-state index in [9.17, 15) is 14.7 Å². The summed E-state index contributed by atoms with van der Waals surface area (Å²) in [5, 5.41) is 11.6. The van der Waals surface area contributed by atoms with E-state index in [0.29, 0.717) is 48.1 Å². The zero-order valence-electron chi connectivity index (χ0n) is 20.5. The highest BCUT2D eigenvalue weighted by Gasteiger charge is 2.47. The number of benzene rings is 2. The van der Waals surface area contributed by atoms with E-state index in [0.717, 1.165) is 13.1 Å². The molecule has 0 spiro atoms. The number of ether oxygens (including phenoxy) is 4. The Morgan fingerprint density at radius 2 is 1.69 bits per heavy atom. The zero-order valence-corrected chi connectivity index (χ0v) is 21.2. The average Bonchev–Trinajstić information content (AvgIpc) is 3.16. The van der Waals surface area contributed by atoms with Gasteiger partial charge in [-0.05, 0) is 36.4 Å². The summed E-state index contributed by atoms with van der Waals surface area (Å²) in [6, 6.07) is 8.93. The number of hydrogen-bond acceptors (Lipinski definition) is 8. The van der Waals surface area contributed by atoms with Crippen molar-refractivity contribution in [1.29, 1.82) is 0 Å². The topological polar surface area (TPSA) is 97.8 Å². The van der Waals surface area contributed by atoms with Gasteiger partial charge >= 0.3 is 0 Å². The minimum Gasteiger partial charge on any atom is -0.507 e. The van der Waals surface area contributed by atoms with Gasteiger partial charge in [-0.2, -0.15) is 0 Å². The molecule has 9 nitrogen and oxygen atoms in total. The van der Waals surface area contributed by atoms with Gasteiger partial charge in [-0.1, -0.05) is 11.6 Å². The Balaban J connectivity index is 1.83.